The molecule has 0 heterocycles. The van der Waals surface area contributed by atoms with Crippen molar-refractivity contribution in [3.05, 3.63) is 35.6 Å². The third-order valence-electron chi connectivity index (χ3n) is 3.41. The van der Waals surface area contributed by atoms with Gasteiger partial charge in [-0.3, -0.25) is 4.79 Å². The van der Waals surface area contributed by atoms with Crippen molar-refractivity contribution in [1.82, 2.24) is 5.32 Å². The van der Waals surface area contributed by atoms with Crippen molar-refractivity contribution in [2.45, 2.75) is 51.5 Å². The van der Waals surface area contributed by atoms with Gasteiger partial charge in [0, 0.05) is 6.42 Å². The van der Waals surface area contributed by atoms with Gasteiger partial charge in [0.2, 0.25) is 5.91 Å². The van der Waals surface area contributed by atoms with Crippen LogP contribution >= 0.6 is 0 Å². The van der Waals surface area contributed by atoms with Gasteiger partial charge in [-0.2, -0.15) is 0 Å². The quantitative estimate of drug-likeness (QED) is 0.774. The monoisotopic (exact) mass is 295 g/mol. The number of carbonyl (C=O) groups excluding carboxylic acids is 1. The summed E-state index contributed by atoms with van der Waals surface area (Å²) in [6.45, 7) is 3.83. The minimum Gasteiger partial charge on any atom is -0.480 e. The second-order valence-electron chi connectivity index (χ2n) is 5.26. The SMILES string of the molecule is CCCC[C@H](NC(=O)CC(C)c1ccc(F)cc1)C(=O)O. The molecule has 0 fully saturated rings. The molecule has 1 rings (SSSR count). The fourth-order valence-corrected chi connectivity index (χ4v) is 2.11. The topological polar surface area (TPSA) is 66.4 Å². The molecule has 4 nitrogen and oxygen atoms in total. The Morgan fingerprint density at radius 2 is 1.90 bits per heavy atom. The van der Waals surface area contributed by atoms with Gasteiger partial charge in [0.05, 0.1) is 0 Å². The van der Waals surface area contributed by atoms with Gasteiger partial charge in [0.15, 0.2) is 0 Å². The highest BCUT2D eigenvalue weighted by molar-refractivity contribution is 5.83. The smallest absolute Gasteiger partial charge is 0.326 e. The summed E-state index contributed by atoms with van der Waals surface area (Å²) in [5.41, 5.74) is 0.854. The number of hydrogen-bond acceptors (Lipinski definition) is 2. The first-order valence-corrected chi connectivity index (χ1v) is 7.21. The molecule has 1 aromatic carbocycles. The van der Waals surface area contributed by atoms with E-state index < -0.39 is 12.0 Å². The normalized spacial score (nSPS) is 13.5. The molecule has 0 saturated heterocycles. The lowest BCUT2D eigenvalue weighted by Gasteiger charge is -2.16. The first kappa shape index (κ1) is 17.1. The highest BCUT2D eigenvalue weighted by atomic mass is 19.1. The molecule has 0 radical (unpaired) electrons. The predicted octanol–water partition coefficient (Wildman–Crippen LogP) is 3.08. The second-order valence-corrected chi connectivity index (χ2v) is 5.26. The zero-order valence-corrected chi connectivity index (χ0v) is 12.4. The Labute approximate surface area is 124 Å². The third-order valence-corrected chi connectivity index (χ3v) is 3.41. The molecule has 1 amide bonds. The van der Waals surface area contributed by atoms with E-state index in [4.69, 9.17) is 5.11 Å². The second kappa shape index (κ2) is 8.39. The molecule has 21 heavy (non-hydrogen) atoms. The summed E-state index contributed by atoms with van der Waals surface area (Å²) < 4.78 is 12.8. The van der Waals surface area contributed by atoms with Crippen LogP contribution in [0.5, 0.6) is 0 Å². The zero-order valence-electron chi connectivity index (χ0n) is 12.4. The summed E-state index contributed by atoms with van der Waals surface area (Å²) in [6.07, 6.45) is 2.25. The lowest BCUT2D eigenvalue weighted by molar-refractivity contribution is -0.142. The number of nitrogens with one attached hydrogen (secondary N) is 1. The van der Waals surface area contributed by atoms with Crippen LogP contribution in [0.3, 0.4) is 0 Å². The van der Waals surface area contributed by atoms with Crippen LogP contribution in [-0.4, -0.2) is 23.0 Å². The molecular weight excluding hydrogens is 273 g/mol. The number of carboxylic acid groups (broad SMARTS) is 1. The van der Waals surface area contributed by atoms with Crippen molar-refractivity contribution in [2.24, 2.45) is 0 Å². The van der Waals surface area contributed by atoms with E-state index >= 15 is 0 Å². The summed E-state index contributed by atoms with van der Waals surface area (Å²) in [7, 11) is 0. The Balaban J connectivity index is 2.54. The van der Waals surface area contributed by atoms with E-state index in [1.54, 1.807) is 12.1 Å². The summed E-state index contributed by atoms with van der Waals surface area (Å²) in [4.78, 5) is 23.0. The molecule has 0 aliphatic heterocycles. The number of carbonyl (C=O) groups is 2. The van der Waals surface area contributed by atoms with Crippen molar-refractivity contribution in [3.63, 3.8) is 0 Å². The summed E-state index contributed by atoms with van der Waals surface area (Å²) in [5, 5.41) is 11.6. The van der Waals surface area contributed by atoms with Crippen LogP contribution in [0.1, 0.15) is 51.0 Å². The standard InChI is InChI=1S/C16H22FNO3/c1-3-4-5-14(16(20)21)18-15(19)10-11(2)12-6-8-13(17)9-7-12/h6-9,11,14H,3-5,10H2,1-2H3,(H,18,19)(H,20,21)/t11?,14-/m0/s1. The van der Waals surface area contributed by atoms with E-state index in [0.717, 1.165) is 18.4 Å². The lowest BCUT2D eigenvalue weighted by Crippen LogP contribution is -2.41. The van der Waals surface area contributed by atoms with E-state index in [9.17, 15) is 14.0 Å². The Kier molecular flexibility index (Phi) is 6.85. The molecule has 0 bridgehead atoms. The van der Waals surface area contributed by atoms with Crippen LogP contribution in [0.15, 0.2) is 24.3 Å². The van der Waals surface area contributed by atoms with E-state index in [0.29, 0.717) is 6.42 Å². The largest absolute Gasteiger partial charge is 0.480 e. The minimum atomic E-state index is -1.01. The van der Waals surface area contributed by atoms with E-state index in [2.05, 4.69) is 5.32 Å². The Bertz CT molecular complexity index is 473. The summed E-state index contributed by atoms with van der Waals surface area (Å²) in [6, 6.07) is 5.15. The van der Waals surface area contributed by atoms with Gasteiger partial charge in [0.1, 0.15) is 11.9 Å². The number of halogens is 1. The predicted molar refractivity (Wildman–Crippen MR) is 78.5 cm³/mol. The van der Waals surface area contributed by atoms with E-state index in [1.807, 2.05) is 13.8 Å². The maximum absolute atomic E-state index is 12.8. The van der Waals surface area contributed by atoms with Crippen LogP contribution in [0, 0.1) is 5.82 Å². The molecule has 1 unspecified atom stereocenters. The maximum atomic E-state index is 12.8. The Morgan fingerprint density at radius 3 is 2.43 bits per heavy atom. The maximum Gasteiger partial charge on any atom is 0.326 e. The average Bonchev–Trinajstić information content (AvgIpc) is 2.43. The number of amides is 1. The van der Waals surface area contributed by atoms with Crippen LogP contribution in [0.2, 0.25) is 0 Å². The number of benzene rings is 1. The van der Waals surface area contributed by atoms with Crippen LogP contribution in [0.4, 0.5) is 4.39 Å². The van der Waals surface area contributed by atoms with Crippen LogP contribution in [-0.2, 0) is 9.59 Å². The fourth-order valence-electron chi connectivity index (χ4n) is 2.11. The van der Waals surface area contributed by atoms with E-state index in [-0.39, 0.29) is 24.1 Å². The molecule has 0 aliphatic rings. The van der Waals surface area contributed by atoms with Gasteiger partial charge < -0.3 is 10.4 Å². The Morgan fingerprint density at radius 1 is 1.29 bits per heavy atom. The molecule has 5 heteroatoms. The average molecular weight is 295 g/mol. The number of aliphatic carboxylic acids is 1. The number of rotatable bonds is 8. The number of hydrogen-bond donors (Lipinski definition) is 2. The zero-order chi connectivity index (χ0) is 15.8. The highest BCUT2D eigenvalue weighted by Gasteiger charge is 2.20. The first-order chi connectivity index (χ1) is 9.93. The molecule has 116 valence electrons. The summed E-state index contributed by atoms with van der Waals surface area (Å²) in [5.74, 6) is -1.71. The van der Waals surface area contributed by atoms with Crippen molar-refractivity contribution in [2.75, 3.05) is 0 Å². The third kappa shape index (κ3) is 5.94. The molecule has 0 aromatic heterocycles. The van der Waals surface area contributed by atoms with E-state index in [1.165, 1.54) is 12.1 Å². The van der Waals surface area contributed by atoms with Crippen LogP contribution < -0.4 is 5.32 Å². The van der Waals surface area contributed by atoms with Gasteiger partial charge >= 0.3 is 5.97 Å². The fraction of sp³-hybridized carbons (Fsp3) is 0.500. The molecule has 0 saturated carbocycles. The summed E-state index contributed by atoms with van der Waals surface area (Å²) >= 11 is 0. The Hall–Kier alpha value is -1.91. The number of carboxylic acids is 1. The van der Waals surface area contributed by atoms with Gasteiger partial charge in [-0.25, -0.2) is 9.18 Å². The van der Waals surface area contributed by atoms with Gasteiger partial charge in [-0.05, 0) is 30.0 Å². The molecule has 2 atom stereocenters. The first-order valence-electron chi connectivity index (χ1n) is 7.21. The van der Waals surface area contributed by atoms with Crippen LogP contribution in [0.25, 0.3) is 0 Å². The molecular formula is C16H22FNO3. The molecule has 1 aromatic rings. The van der Waals surface area contributed by atoms with Crippen molar-refractivity contribution >= 4 is 11.9 Å². The number of unbranched alkanes of at least 4 members (excludes halogenated alkanes) is 1. The van der Waals surface area contributed by atoms with Gasteiger partial charge in [0.25, 0.3) is 0 Å². The highest BCUT2D eigenvalue weighted by Crippen LogP contribution is 2.19. The van der Waals surface area contributed by atoms with Crippen molar-refractivity contribution < 1.29 is 19.1 Å². The minimum absolute atomic E-state index is 0.0915. The molecule has 2 N–H and O–H groups in total. The van der Waals surface area contributed by atoms with Crippen molar-refractivity contribution in [1.29, 1.82) is 0 Å². The van der Waals surface area contributed by atoms with Gasteiger partial charge in [-0.15, -0.1) is 0 Å². The molecule has 0 spiro atoms. The molecule has 0 aliphatic carbocycles. The van der Waals surface area contributed by atoms with Gasteiger partial charge in [-0.1, -0.05) is 38.8 Å². The van der Waals surface area contributed by atoms with Crippen molar-refractivity contribution in [3.8, 4) is 0 Å². The lowest BCUT2D eigenvalue weighted by atomic mass is 9.97.